The van der Waals surface area contributed by atoms with E-state index in [-0.39, 0.29) is 17.1 Å². The molecule has 8 heteroatoms. The molecular weight excluding hydrogens is 494 g/mol. The van der Waals surface area contributed by atoms with Crippen molar-refractivity contribution in [2.75, 3.05) is 6.61 Å². The lowest BCUT2D eigenvalue weighted by Crippen LogP contribution is -2.43. The fourth-order valence-electron chi connectivity index (χ4n) is 2.95. The summed E-state index contributed by atoms with van der Waals surface area (Å²) in [5.74, 6) is -1.21. The number of carbonyl (C=O) groups excluding carboxylic acids is 2. The van der Waals surface area contributed by atoms with Gasteiger partial charge in [-0.2, -0.15) is 4.72 Å². The number of halogens is 1. The van der Waals surface area contributed by atoms with E-state index in [1.807, 2.05) is 13.0 Å². The van der Waals surface area contributed by atoms with Crippen LogP contribution in [0.1, 0.15) is 21.5 Å². The molecule has 0 heterocycles. The first-order chi connectivity index (χ1) is 15.2. The first kappa shape index (κ1) is 23.8. The van der Waals surface area contributed by atoms with Crippen LogP contribution >= 0.6 is 15.9 Å². The second-order valence-corrected chi connectivity index (χ2v) is 9.84. The van der Waals surface area contributed by atoms with E-state index in [9.17, 15) is 18.0 Å². The number of ether oxygens (including phenoxy) is 1. The van der Waals surface area contributed by atoms with Crippen molar-refractivity contribution in [1.82, 2.24) is 4.72 Å². The van der Waals surface area contributed by atoms with Gasteiger partial charge in [-0.25, -0.2) is 8.42 Å². The lowest BCUT2D eigenvalue weighted by molar-refractivity contribution is -0.144. The summed E-state index contributed by atoms with van der Waals surface area (Å²) >= 11 is 3.30. The standard InChI is InChI=1S/C24H22BrNO5S/c1-17-7-13-21(14-8-17)32(29,30)26-22(15-18-5-3-2-4-6-18)24(28)31-16-23(27)19-9-11-20(25)12-10-19/h2-14,22,26H,15-16H2,1H3. The van der Waals surface area contributed by atoms with Gasteiger partial charge >= 0.3 is 5.97 Å². The van der Waals surface area contributed by atoms with Gasteiger partial charge in [0.2, 0.25) is 10.0 Å². The molecule has 0 amide bonds. The van der Waals surface area contributed by atoms with Gasteiger partial charge in [0.05, 0.1) is 4.90 Å². The number of rotatable bonds is 9. The first-order valence-electron chi connectivity index (χ1n) is 9.83. The van der Waals surface area contributed by atoms with Crippen LogP contribution in [0.2, 0.25) is 0 Å². The highest BCUT2D eigenvalue weighted by atomic mass is 79.9. The Kier molecular flexibility index (Phi) is 7.95. The summed E-state index contributed by atoms with van der Waals surface area (Å²) < 4.78 is 34.1. The third-order valence-corrected chi connectivity index (χ3v) is 6.72. The zero-order chi connectivity index (χ0) is 23.1. The molecule has 3 aromatic carbocycles. The highest BCUT2D eigenvalue weighted by Crippen LogP contribution is 2.14. The van der Waals surface area contributed by atoms with Gasteiger partial charge in [0.15, 0.2) is 12.4 Å². The van der Waals surface area contributed by atoms with E-state index in [4.69, 9.17) is 4.74 Å². The molecule has 1 N–H and O–H groups in total. The lowest BCUT2D eigenvalue weighted by atomic mass is 10.1. The highest BCUT2D eigenvalue weighted by Gasteiger charge is 2.28. The lowest BCUT2D eigenvalue weighted by Gasteiger charge is -2.18. The number of esters is 1. The predicted octanol–water partition coefficient (Wildman–Crippen LogP) is 4.07. The van der Waals surface area contributed by atoms with E-state index in [0.29, 0.717) is 5.56 Å². The zero-order valence-corrected chi connectivity index (χ0v) is 19.7. The van der Waals surface area contributed by atoms with Crippen LogP contribution in [-0.2, 0) is 26.0 Å². The molecule has 3 rings (SSSR count). The molecule has 0 bridgehead atoms. The molecule has 0 aromatic heterocycles. The van der Waals surface area contributed by atoms with Crippen molar-refractivity contribution in [2.45, 2.75) is 24.3 Å². The average Bonchev–Trinajstić information content (AvgIpc) is 2.78. The third kappa shape index (κ3) is 6.59. The number of ketones is 1. The molecule has 6 nitrogen and oxygen atoms in total. The van der Waals surface area contributed by atoms with Gasteiger partial charge in [-0.3, -0.25) is 9.59 Å². The second-order valence-electron chi connectivity index (χ2n) is 7.21. The van der Waals surface area contributed by atoms with Crippen molar-refractivity contribution in [1.29, 1.82) is 0 Å². The largest absolute Gasteiger partial charge is 0.456 e. The number of Topliss-reactive ketones (excluding diaryl/α,β-unsaturated/α-hetero) is 1. The van der Waals surface area contributed by atoms with Crippen molar-refractivity contribution < 1.29 is 22.7 Å². The molecule has 166 valence electrons. The molecule has 0 saturated carbocycles. The molecule has 32 heavy (non-hydrogen) atoms. The Morgan fingerprint density at radius 3 is 2.19 bits per heavy atom. The zero-order valence-electron chi connectivity index (χ0n) is 17.3. The van der Waals surface area contributed by atoms with Crippen LogP contribution in [-0.4, -0.2) is 32.8 Å². The summed E-state index contributed by atoms with van der Waals surface area (Å²) in [6.07, 6.45) is 0.0806. The van der Waals surface area contributed by atoms with Crippen LogP contribution in [0.15, 0.2) is 88.2 Å². The van der Waals surface area contributed by atoms with Crippen LogP contribution in [0.3, 0.4) is 0 Å². The van der Waals surface area contributed by atoms with Gasteiger partial charge in [-0.1, -0.05) is 76.1 Å². The SMILES string of the molecule is Cc1ccc(S(=O)(=O)NC(Cc2ccccc2)C(=O)OCC(=O)c2ccc(Br)cc2)cc1. The number of hydrogen-bond donors (Lipinski definition) is 1. The van der Waals surface area contributed by atoms with Gasteiger partial charge in [-0.15, -0.1) is 0 Å². The van der Waals surface area contributed by atoms with E-state index in [2.05, 4.69) is 20.7 Å². The molecular formula is C24H22BrNO5S. The molecule has 0 saturated heterocycles. The summed E-state index contributed by atoms with van der Waals surface area (Å²) in [7, 11) is -3.98. The van der Waals surface area contributed by atoms with E-state index in [1.54, 1.807) is 60.7 Å². The predicted molar refractivity (Wildman–Crippen MR) is 125 cm³/mol. The highest BCUT2D eigenvalue weighted by molar-refractivity contribution is 9.10. The minimum atomic E-state index is -3.98. The van der Waals surface area contributed by atoms with E-state index >= 15 is 0 Å². The normalized spacial score (nSPS) is 12.2. The van der Waals surface area contributed by atoms with Gasteiger partial charge in [-0.05, 0) is 43.2 Å². The topological polar surface area (TPSA) is 89.5 Å². The van der Waals surface area contributed by atoms with Crippen molar-refractivity contribution in [3.8, 4) is 0 Å². The van der Waals surface area contributed by atoms with Crippen molar-refractivity contribution in [3.05, 3.63) is 100 Å². The van der Waals surface area contributed by atoms with Gasteiger partial charge in [0.25, 0.3) is 0 Å². The summed E-state index contributed by atoms with van der Waals surface area (Å²) in [4.78, 5) is 25.2. The van der Waals surface area contributed by atoms with Crippen LogP contribution in [0, 0.1) is 6.92 Å². The average molecular weight is 516 g/mol. The maximum atomic E-state index is 12.8. The Morgan fingerprint density at radius 2 is 1.56 bits per heavy atom. The summed E-state index contributed by atoms with van der Waals surface area (Å²) in [5.41, 5.74) is 2.05. The van der Waals surface area contributed by atoms with Crippen LogP contribution in [0.5, 0.6) is 0 Å². The summed E-state index contributed by atoms with van der Waals surface area (Å²) in [5, 5.41) is 0. The monoisotopic (exact) mass is 515 g/mol. The summed E-state index contributed by atoms with van der Waals surface area (Å²) in [6, 6.07) is 20.7. The van der Waals surface area contributed by atoms with Gasteiger partial charge < -0.3 is 4.74 Å². The quantitative estimate of drug-likeness (QED) is 0.342. The number of benzene rings is 3. The fourth-order valence-corrected chi connectivity index (χ4v) is 4.40. The number of nitrogens with one attached hydrogen (secondary N) is 1. The molecule has 3 aromatic rings. The van der Waals surface area contributed by atoms with Gasteiger partial charge in [0.1, 0.15) is 6.04 Å². The van der Waals surface area contributed by atoms with Crippen LogP contribution in [0.25, 0.3) is 0 Å². The number of aryl methyl sites for hydroxylation is 1. The van der Waals surface area contributed by atoms with E-state index in [0.717, 1.165) is 15.6 Å². The molecule has 0 aliphatic carbocycles. The molecule has 0 spiro atoms. The molecule has 0 radical (unpaired) electrons. The maximum absolute atomic E-state index is 12.8. The van der Waals surface area contributed by atoms with E-state index in [1.165, 1.54) is 12.1 Å². The Balaban J connectivity index is 1.75. The van der Waals surface area contributed by atoms with Crippen molar-refractivity contribution >= 4 is 37.7 Å². The smallest absolute Gasteiger partial charge is 0.324 e. The van der Waals surface area contributed by atoms with Gasteiger partial charge in [0, 0.05) is 10.0 Å². The first-order valence-corrected chi connectivity index (χ1v) is 12.1. The van der Waals surface area contributed by atoms with Crippen LogP contribution in [0.4, 0.5) is 0 Å². The second kappa shape index (κ2) is 10.7. The van der Waals surface area contributed by atoms with Crippen molar-refractivity contribution in [2.24, 2.45) is 0 Å². The third-order valence-electron chi connectivity index (χ3n) is 4.71. The molecule has 0 aliphatic heterocycles. The minimum absolute atomic E-state index is 0.0416. The number of hydrogen-bond acceptors (Lipinski definition) is 5. The van der Waals surface area contributed by atoms with E-state index < -0.39 is 28.6 Å². The number of sulfonamides is 1. The molecule has 1 unspecified atom stereocenters. The minimum Gasteiger partial charge on any atom is -0.456 e. The Morgan fingerprint density at radius 1 is 0.938 bits per heavy atom. The molecule has 0 fully saturated rings. The van der Waals surface area contributed by atoms with Crippen LogP contribution < -0.4 is 4.72 Å². The maximum Gasteiger partial charge on any atom is 0.324 e. The molecule has 1 atom stereocenters. The molecule has 0 aliphatic rings. The Bertz CT molecular complexity index is 1180. The summed E-state index contributed by atoms with van der Waals surface area (Å²) in [6.45, 7) is 1.36. The Labute approximate surface area is 195 Å². The fraction of sp³-hybridized carbons (Fsp3) is 0.167. The number of carbonyl (C=O) groups is 2. The Hall–Kier alpha value is -2.81. The van der Waals surface area contributed by atoms with Crippen molar-refractivity contribution in [3.63, 3.8) is 0 Å².